The Morgan fingerprint density at radius 3 is 2.30 bits per heavy atom. The predicted octanol–water partition coefficient (Wildman–Crippen LogP) is 8.48. The fourth-order valence-electron chi connectivity index (χ4n) is 7.31. The Bertz CT molecular complexity index is 994. The van der Waals surface area contributed by atoms with Gasteiger partial charge in [-0.3, -0.25) is 9.59 Å². The van der Waals surface area contributed by atoms with Crippen LogP contribution in [0.15, 0.2) is 23.8 Å². The summed E-state index contributed by atoms with van der Waals surface area (Å²) in [5.41, 5.74) is 1.26. The van der Waals surface area contributed by atoms with E-state index >= 15 is 0 Å². The van der Waals surface area contributed by atoms with Gasteiger partial charge in [-0.1, -0.05) is 97.3 Å². The maximum absolute atomic E-state index is 12.8. The molecule has 1 saturated heterocycles. The number of nitrogens with one attached hydrogen (secondary N) is 1. The molecule has 0 bridgehead atoms. The number of unbranched alkanes of at least 4 members (excludes halogenated alkanes) is 9. The largest absolute Gasteiger partial charge is 0.462 e. The van der Waals surface area contributed by atoms with Crippen molar-refractivity contribution in [2.24, 2.45) is 29.6 Å². The van der Waals surface area contributed by atoms with Crippen LogP contribution in [0, 0.1) is 29.6 Å². The summed E-state index contributed by atoms with van der Waals surface area (Å²) >= 11 is 0. The number of amides is 1. The Morgan fingerprint density at radius 1 is 0.957 bits per heavy atom. The lowest BCUT2D eigenvalue weighted by Gasteiger charge is -2.43. The predicted molar refractivity (Wildman–Crippen MR) is 181 cm³/mol. The van der Waals surface area contributed by atoms with Crippen LogP contribution in [0.4, 0.5) is 4.79 Å². The average Bonchev–Trinajstić information content (AvgIpc) is 3.02. The van der Waals surface area contributed by atoms with Crippen LogP contribution in [0.25, 0.3) is 0 Å². The highest BCUT2D eigenvalue weighted by Crippen LogP contribution is 2.45. The van der Waals surface area contributed by atoms with E-state index in [1.54, 1.807) is 7.11 Å². The third-order valence-corrected chi connectivity index (χ3v) is 10.2. The third kappa shape index (κ3) is 13.0. The molecule has 0 radical (unpaired) electrons. The fraction of sp³-hybridized carbons (Fsp3) is 0.816. The van der Waals surface area contributed by atoms with Crippen molar-refractivity contribution in [3.8, 4) is 0 Å². The molecule has 0 spiro atoms. The number of ether oxygens (including phenoxy) is 4. The Kier molecular flexibility index (Phi) is 17.2. The fourth-order valence-corrected chi connectivity index (χ4v) is 7.31. The Labute approximate surface area is 278 Å². The normalized spacial score (nSPS) is 28.1. The molecule has 3 rings (SSSR count). The van der Waals surface area contributed by atoms with Gasteiger partial charge < -0.3 is 24.3 Å². The first-order valence-corrected chi connectivity index (χ1v) is 18.4. The smallest absolute Gasteiger partial charge is 0.407 e. The van der Waals surface area contributed by atoms with Gasteiger partial charge in [-0.2, -0.15) is 0 Å². The quantitative estimate of drug-likeness (QED) is 0.0805. The number of methoxy groups -OCH3 is 1. The molecule has 0 aromatic rings. The van der Waals surface area contributed by atoms with Gasteiger partial charge in [0.05, 0.1) is 12.3 Å². The summed E-state index contributed by atoms with van der Waals surface area (Å²) in [7, 11) is 1.76. The molecule has 262 valence electrons. The highest BCUT2D eigenvalue weighted by Gasteiger charge is 2.42. The summed E-state index contributed by atoms with van der Waals surface area (Å²) in [6, 6.07) is 0. The van der Waals surface area contributed by atoms with Crippen LogP contribution in [0.3, 0.4) is 0 Å². The first-order valence-electron chi connectivity index (χ1n) is 18.4. The van der Waals surface area contributed by atoms with Crippen molar-refractivity contribution in [1.82, 2.24) is 5.32 Å². The van der Waals surface area contributed by atoms with Gasteiger partial charge in [0.1, 0.15) is 18.3 Å². The number of hydrogen-bond donors (Lipinski definition) is 1. The molecule has 8 heteroatoms. The minimum absolute atomic E-state index is 0.0971. The van der Waals surface area contributed by atoms with E-state index in [2.05, 4.69) is 37.4 Å². The summed E-state index contributed by atoms with van der Waals surface area (Å²) in [6.45, 7) is 9.80. The van der Waals surface area contributed by atoms with Crippen LogP contribution in [-0.2, 0) is 28.5 Å². The van der Waals surface area contributed by atoms with Gasteiger partial charge in [-0.05, 0) is 61.9 Å². The van der Waals surface area contributed by atoms with E-state index < -0.39 is 12.2 Å². The highest BCUT2D eigenvalue weighted by atomic mass is 16.6. The lowest BCUT2D eigenvalue weighted by molar-refractivity contribution is -0.162. The summed E-state index contributed by atoms with van der Waals surface area (Å²) in [5.74, 6) is 0.528. The molecule has 8 unspecified atom stereocenters. The molecule has 1 N–H and O–H groups in total. The first kappa shape index (κ1) is 38.1. The van der Waals surface area contributed by atoms with E-state index in [0.29, 0.717) is 31.2 Å². The second-order valence-electron chi connectivity index (χ2n) is 14.2. The number of carbonyl (C=O) groups is 3. The van der Waals surface area contributed by atoms with E-state index in [1.807, 2.05) is 13.8 Å². The van der Waals surface area contributed by atoms with Crippen molar-refractivity contribution in [3.05, 3.63) is 23.8 Å². The zero-order chi connectivity index (χ0) is 33.3. The standard InChI is InChI=1S/C38H63NO7/c1-6-28(3)37(41)46-34-24-27(2)23-30-18-17-29(4)33(36(30)34)20-19-31-25-32(26-35(40)44-31)45-38(42)39-21-15-13-11-9-7-8-10-12-14-16-22-43-5/h17-18,23,27-29,31-34,36H,6-16,19-22,24-26H2,1-5H3,(H,39,42). The van der Waals surface area contributed by atoms with Crippen LogP contribution in [0.2, 0.25) is 0 Å². The van der Waals surface area contributed by atoms with Crippen molar-refractivity contribution in [2.75, 3.05) is 20.3 Å². The van der Waals surface area contributed by atoms with Crippen LogP contribution >= 0.6 is 0 Å². The summed E-state index contributed by atoms with van der Waals surface area (Å²) in [6.07, 6.45) is 21.2. The molecule has 8 nitrogen and oxygen atoms in total. The van der Waals surface area contributed by atoms with E-state index in [1.165, 1.54) is 50.5 Å². The minimum Gasteiger partial charge on any atom is -0.462 e. The number of hydrogen-bond acceptors (Lipinski definition) is 7. The van der Waals surface area contributed by atoms with Crippen molar-refractivity contribution >= 4 is 18.0 Å². The van der Waals surface area contributed by atoms with Gasteiger partial charge in [-0.15, -0.1) is 0 Å². The summed E-state index contributed by atoms with van der Waals surface area (Å²) in [4.78, 5) is 37.8. The van der Waals surface area contributed by atoms with E-state index in [0.717, 1.165) is 45.1 Å². The molecule has 8 atom stereocenters. The molecule has 2 aliphatic carbocycles. The third-order valence-electron chi connectivity index (χ3n) is 10.2. The van der Waals surface area contributed by atoms with Crippen LogP contribution in [-0.4, -0.2) is 56.6 Å². The maximum Gasteiger partial charge on any atom is 0.407 e. The van der Waals surface area contributed by atoms with Gasteiger partial charge >= 0.3 is 18.0 Å². The molecule has 1 aliphatic heterocycles. The van der Waals surface area contributed by atoms with Crippen LogP contribution in [0.1, 0.15) is 130 Å². The van der Waals surface area contributed by atoms with Gasteiger partial charge in [0.2, 0.25) is 0 Å². The maximum atomic E-state index is 12.8. The Balaban J connectivity index is 1.38. The first-order chi connectivity index (χ1) is 22.2. The van der Waals surface area contributed by atoms with Crippen LogP contribution in [0.5, 0.6) is 0 Å². The summed E-state index contributed by atoms with van der Waals surface area (Å²) in [5, 5.41) is 2.87. The lowest BCUT2D eigenvalue weighted by Crippen LogP contribution is -2.42. The SMILES string of the molecule is CCC(C)C(=O)OC1CC(C)C=C2C=CC(C)C(CCC3CC(OC(=O)NCCCCCCCCCCCCOC)CC(=O)O3)C21. The van der Waals surface area contributed by atoms with Gasteiger partial charge in [0, 0.05) is 32.6 Å². The zero-order valence-electron chi connectivity index (χ0n) is 29.4. The number of fused-ring (bicyclic) bond motifs is 1. The van der Waals surface area contributed by atoms with Crippen LogP contribution < -0.4 is 5.32 Å². The van der Waals surface area contributed by atoms with Crippen molar-refractivity contribution in [1.29, 1.82) is 0 Å². The molecule has 1 amide bonds. The van der Waals surface area contributed by atoms with E-state index in [4.69, 9.17) is 18.9 Å². The van der Waals surface area contributed by atoms with Crippen molar-refractivity contribution in [3.63, 3.8) is 0 Å². The number of allylic oxidation sites excluding steroid dienone is 3. The number of rotatable bonds is 20. The molecule has 46 heavy (non-hydrogen) atoms. The number of carbonyl (C=O) groups excluding carboxylic acids is 3. The molecule has 1 heterocycles. The second kappa shape index (κ2) is 20.8. The van der Waals surface area contributed by atoms with Gasteiger partial charge in [0.25, 0.3) is 0 Å². The Morgan fingerprint density at radius 2 is 1.63 bits per heavy atom. The highest BCUT2D eigenvalue weighted by molar-refractivity contribution is 5.73. The molecule has 0 saturated carbocycles. The molecule has 0 aromatic carbocycles. The van der Waals surface area contributed by atoms with Crippen molar-refractivity contribution in [2.45, 2.75) is 149 Å². The van der Waals surface area contributed by atoms with Gasteiger partial charge in [-0.25, -0.2) is 4.79 Å². The number of alkyl carbamates (subject to hydrolysis) is 1. The van der Waals surface area contributed by atoms with Gasteiger partial charge in [0.15, 0.2) is 0 Å². The minimum atomic E-state index is -0.473. The Hall–Kier alpha value is -2.35. The number of esters is 2. The lowest BCUT2D eigenvalue weighted by atomic mass is 9.65. The van der Waals surface area contributed by atoms with E-state index in [9.17, 15) is 14.4 Å². The topological polar surface area (TPSA) is 100 Å². The second-order valence-corrected chi connectivity index (χ2v) is 14.2. The molecule has 1 fully saturated rings. The molecular formula is C38H63NO7. The number of cyclic esters (lactones) is 1. The molecule has 0 aromatic heterocycles. The monoisotopic (exact) mass is 645 g/mol. The average molecular weight is 646 g/mol. The molecule has 3 aliphatic rings. The van der Waals surface area contributed by atoms with Crippen molar-refractivity contribution < 1.29 is 33.3 Å². The van der Waals surface area contributed by atoms with E-state index in [-0.39, 0.29) is 48.3 Å². The zero-order valence-corrected chi connectivity index (χ0v) is 29.4. The molecular weight excluding hydrogens is 582 g/mol. The summed E-state index contributed by atoms with van der Waals surface area (Å²) < 4.78 is 22.6.